The SMILES string of the molecule is COc1ccc(CNCCCn2ccnc2)c(O)c1. The van der Waals surface area contributed by atoms with Crippen molar-refractivity contribution in [1.82, 2.24) is 14.9 Å². The first-order valence-electron chi connectivity index (χ1n) is 6.32. The average Bonchev–Trinajstić information content (AvgIpc) is 2.93. The minimum atomic E-state index is 0.265. The molecule has 0 radical (unpaired) electrons. The summed E-state index contributed by atoms with van der Waals surface area (Å²) in [6.07, 6.45) is 6.57. The molecule has 2 aromatic rings. The maximum Gasteiger partial charge on any atom is 0.123 e. The molecule has 0 bridgehead atoms. The van der Waals surface area contributed by atoms with E-state index in [1.165, 1.54) is 0 Å². The van der Waals surface area contributed by atoms with Crippen LogP contribution >= 0.6 is 0 Å². The number of benzene rings is 1. The molecule has 2 N–H and O–H groups in total. The van der Waals surface area contributed by atoms with Gasteiger partial charge in [-0.3, -0.25) is 0 Å². The van der Waals surface area contributed by atoms with Crippen molar-refractivity contribution in [1.29, 1.82) is 0 Å². The first-order valence-corrected chi connectivity index (χ1v) is 6.32. The van der Waals surface area contributed by atoms with Crippen LogP contribution in [0.5, 0.6) is 11.5 Å². The molecule has 5 nitrogen and oxygen atoms in total. The Balaban J connectivity index is 1.70. The molecule has 0 unspecified atom stereocenters. The van der Waals surface area contributed by atoms with E-state index in [0.717, 1.165) is 25.1 Å². The summed E-state index contributed by atoms with van der Waals surface area (Å²) in [5, 5.41) is 13.1. The predicted octanol–water partition coefficient (Wildman–Crippen LogP) is 1.78. The zero-order chi connectivity index (χ0) is 13.5. The molecule has 19 heavy (non-hydrogen) atoms. The molecular weight excluding hydrogens is 242 g/mol. The largest absolute Gasteiger partial charge is 0.507 e. The van der Waals surface area contributed by atoms with Crippen molar-refractivity contribution in [2.24, 2.45) is 0 Å². The van der Waals surface area contributed by atoms with Gasteiger partial charge in [-0.25, -0.2) is 4.98 Å². The summed E-state index contributed by atoms with van der Waals surface area (Å²) < 4.78 is 7.09. The fraction of sp³-hybridized carbons (Fsp3) is 0.357. The van der Waals surface area contributed by atoms with Gasteiger partial charge in [-0.15, -0.1) is 0 Å². The van der Waals surface area contributed by atoms with Crippen molar-refractivity contribution in [2.45, 2.75) is 19.5 Å². The maximum absolute atomic E-state index is 9.80. The van der Waals surface area contributed by atoms with Crippen molar-refractivity contribution in [3.63, 3.8) is 0 Å². The van der Waals surface area contributed by atoms with Crippen LogP contribution in [0.15, 0.2) is 36.9 Å². The molecule has 0 aliphatic rings. The van der Waals surface area contributed by atoms with Gasteiger partial charge in [-0.05, 0) is 19.0 Å². The van der Waals surface area contributed by atoms with Gasteiger partial charge in [0, 0.05) is 37.1 Å². The van der Waals surface area contributed by atoms with E-state index >= 15 is 0 Å². The highest BCUT2D eigenvalue weighted by Crippen LogP contribution is 2.22. The molecule has 1 heterocycles. The number of phenolic OH excluding ortho intramolecular Hbond substituents is 1. The Morgan fingerprint density at radius 3 is 3.00 bits per heavy atom. The second-order valence-corrected chi connectivity index (χ2v) is 4.33. The highest BCUT2D eigenvalue weighted by atomic mass is 16.5. The zero-order valence-corrected chi connectivity index (χ0v) is 11.0. The lowest BCUT2D eigenvalue weighted by atomic mass is 10.2. The van der Waals surface area contributed by atoms with Crippen molar-refractivity contribution in [3.8, 4) is 11.5 Å². The zero-order valence-electron chi connectivity index (χ0n) is 11.0. The van der Waals surface area contributed by atoms with Crippen molar-refractivity contribution in [2.75, 3.05) is 13.7 Å². The number of nitrogens with one attached hydrogen (secondary N) is 1. The number of methoxy groups -OCH3 is 1. The van der Waals surface area contributed by atoms with Crippen LogP contribution in [0.25, 0.3) is 0 Å². The topological polar surface area (TPSA) is 59.3 Å². The number of hydrogen-bond acceptors (Lipinski definition) is 4. The molecule has 0 fully saturated rings. The van der Waals surface area contributed by atoms with E-state index in [9.17, 15) is 5.11 Å². The first-order chi connectivity index (χ1) is 9.29. The molecule has 0 spiro atoms. The van der Waals surface area contributed by atoms with Gasteiger partial charge in [0.15, 0.2) is 0 Å². The van der Waals surface area contributed by atoms with Gasteiger partial charge in [0.05, 0.1) is 13.4 Å². The molecule has 0 saturated heterocycles. The van der Waals surface area contributed by atoms with Gasteiger partial charge in [-0.2, -0.15) is 0 Å². The second kappa shape index (κ2) is 6.80. The Kier molecular flexibility index (Phi) is 4.80. The van der Waals surface area contributed by atoms with E-state index in [-0.39, 0.29) is 5.75 Å². The van der Waals surface area contributed by atoms with Crippen LogP contribution in [0.3, 0.4) is 0 Å². The third kappa shape index (κ3) is 3.99. The Bertz CT molecular complexity index is 497. The maximum atomic E-state index is 9.80. The number of phenols is 1. The summed E-state index contributed by atoms with van der Waals surface area (Å²) in [7, 11) is 1.59. The van der Waals surface area contributed by atoms with Gasteiger partial charge in [0.25, 0.3) is 0 Å². The molecule has 1 aromatic heterocycles. The smallest absolute Gasteiger partial charge is 0.123 e. The van der Waals surface area contributed by atoms with Crippen LogP contribution in [-0.4, -0.2) is 28.3 Å². The van der Waals surface area contributed by atoms with E-state index in [0.29, 0.717) is 12.3 Å². The summed E-state index contributed by atoms with van der Waals surface area (Å²) in [5.41, 5.74) is 0.878. The molecule has 102 valence electrons. The van der Waals surface area contributed by atoms with Gasteiger partial charge in [0.1, 0.15) is 11.5 Å². The highest BCUT2D eigenvalue weighted by Gasteiger charge is 2.02. The number of rotatable bonds is 7. The second-order valence-electron chi connectivity index (χ2n) is 4.33. The van der Waals surface area contributed by atoms with Crippen LogP contribution in [0, 0.1) is 0 Å². The molecule has 1 aromatic carbocycles. The van der Waals surface area contributed by atoms with E-state index in [2.05, 4.69) is 10.3 Å². The third-order valence-corrected chi connectivity index (χ3v) is 2.94. The molecule has 0 aliphatic heterocycles. The fourth-order valence-corrected chi connectivity index (χ4v) is 1.85. The molecule has 0 aliphatic carbocycles. The minimum Gasteiger partial charge on any atom is -0.507 e. The number of nitrogens with zero attached hydrogens (tertiary/aromatic N) is 2. The minimum absolute atomic E-state index is 0.265. The molecule has 0 amide bonds. The van der Waals surface area contributed by atoms with E-state index in [1.807, 2.05) is 29.2 Å². The van der Waals surface area contributed by atoms with Crippen molar-refractivity contribution >= 4 is 0 Å². The Hall–Kier alpha value is -2.01. The molecular formula is C14H19N3O2. The number of ether oxygens (including phenoxy) is 1. The Labute approximate surface area is 112 Å². The van der Waals surface area contributed by atoms with Crippen LogP contribution in [0.4, 0.5) is 0 Å². The lowest BCUT2D eigenvalue weighted by Crippen LogP contribution is -2.16. The Morgan fingerprint density at radius 2 is 2.32 bits per heavy atom. The summed E-state index contributed by atoms with van der Waals surface area (Å²) in [6.45, 7) is 2.49. The van der Waals surface area contributed by atoms with Crippen LogP contribution in [0.2, 0.25) is 0 Å². The first kappa shape index (κ1) is 13.4. The fourth-order valence-electron chi connectivity index (χ4n) is 1.85. The lowest BCUT2D eigenvalue weighted by Gasteiger charge is -2.08. The standard InChI is InChI=1S/C14H19N3O2/c1-19-13-4-3-12(14(18)9-13)10-15-5-2-7-17-8-6-16-11-17/h3-4,6,8-9,11,15,18H,2,5,7,10H2,1H3. The highest BCUT2D eigenvalue weighted by molar-refractivity contribution is 5.39. The number of aromatic nitrogens is 2. The summed E-state index contributed by atoms with van der Waals surface area (Å²) in [6, 6.07) is 5.35. The van der Waals surface area contributed by atoms with Gasteiger partial charge in [0.2, 0.25) is 0 Å². The predicted molar refractivity (Wildman–Crippen MR) is 73.2 cm³/mol. The Morgan fingerprint density at radius 1 is 1.42 bits per heavy atom. The number of imidazole rings is 1. The average molecular weight is 261 g/mol. The number of aromatic hydroxyl groups is 1. The summed E-state index contributed by atoms with van der Waals surface area (Å²) in [5.74, 6) is 0.933. The van der Waals surface area contributed by atoms with Gasteiger partial charge < -0.3 is 19.7 Å². The van der Waals surface area contributed by atoms with Crippen LogP contribution in [0.1, 0.15) is 12.0 Å². The van der Waals surface area contributed by atoms with Gasteiger partial charge in [-0.1, -0.05) is 6.07 Å². The van der Waals surface area contributed by atoms with Crippen molar-refractivity contribution in [3.05, 3.63) is 42.5 Å². The monoisotopic (exact) mass is 261 g/mol. The number of aryl methyl sites for hydroxylation is 1. The van der Waals surface area contributed by atoms with Crippen LogP contribution in [-0.2, 0) is 13.1 Å². The molecule has 0 saturated carbocycles. The van der Waals surface area contributed by atoms with Crippen molar-refractivity contribution < 1.29 is 9.84 Å². The van der Waals surface area contributed by atoms with E-state index in [1.54, 1.807) is 19.4 Å². The summed E-state index contributed by atoms with van der Waals surface area (Å²) in [4.78, 5) is 3.99. The number of hydrogen-bond donors (Lipinski definition) is 2. The summed E-state index contributed by atoms with van der Waals surface area (Å²) >= 11 is 0. The van der Waals surface area contributed by atoms with Crippen LogP contribution < -0.4 is 10.1 Å². The third-order valence-electron chi connectivity index (χ3n) is 2.94. The molecule has 2 rings (SSSR count). The molecule has 5 heteroatoms. The lowest BCUT2D eigenvalue weighted by molar-refractivity contribution is 0.406. The molecule has 0 atom stereocenters. The quantitative estimate of drug-likeness (QED) is 0.746. The van der Waals surface area contributed by atoms with Gasteiger partial charge >= 0.3 is 0 Å². The normalized spacial score (nSPS) is 10.6. The van der Waals surface area contributed by atoms with E-state index in [4.69, 9.17) is 4.74 Å². The van der Waals surface area contributed by atoms with E-state index < -0.39 is 0 Å².